The van der Waals surface area contributed by atoms with Crippen LogP contribution in [0.1, 0.15) is 0 Å². The Morgan fingerprint density at radius 2 is 1.43 bits per heavy atom. The van der Waals surface area contributed by atoms with Crippen LogP contribution in [0.5, 0.6) is 0 Å². The SMILES string of the molecule is C[Si](C)(C)C#CC=CC=C[Si](C)(C)C. The highest BCUT2D eigenvalue weighted by molar-refractivity contribution is 6.83. The van der Waals surface area contributed by atoms with Crippen molar-refractivity contribution in [2.75, 3.05) is 0 Å². The summed E-state index contributed by atoms with van der Waals surface area (Å²) in [5, 5.41) is 0. The monoisotopic (exact) mass is 222 g/mol. The Balaban J connectivity index is 4.09. The Bertz CT molecular complexity index is 274. The molecule has 0 fully saturated rings. The molecule has 78 valence electrons. The summed E-state index contributed by atoms with van der Waals surface area (Å²) in [5.41, 5.74) is 5.62. The topological polar surface area (TPSA) is 0 Å². The first-order chi connectivity index (χ1) is 6.21. The number of hydrogen-bond acceptors (Lipinski definition) is 0. The molecule has 2 heteroatoms. The second kappa shape index (κ2) is 5.38. The molecule has 0 aromatic carbocycles. The third-order valence-corrected chi connectivity index (χ3v) is 3.42. The average Bonchev–Trinajstić information content (AvgIpc) is 1.92. The highest BCUT2D eigenvalue weighted by atomic mass is 28.3. The molecule has 0 atom stereocenters. The van der Waals surface area contributed by atoms with Crippen molar-refractivity contribution in [2.45, 2.75) is 39.3 Å². The predicted octanol–water partition coefficient (Wildman–Crippen LogP) is 3.86. The minimum absolute atomic E-state index is 1.03. The number of allylic oxidation sites excluding steroid dienone is 3. The van der Waals surface area contributed by atoms with E-state index in [1.165, 1.54) is 0 Å². The molecule has 0 saturated heterocycles. The lowest BCUT2D eigenvalue weighted by Crippen LogP contribution is -2.16. The molecule has 0 aromatic heterocycles. The highest BCUT2D eigenvalue weighted by Crippen LogP contribution is 2.01. The third kappa shape index (κ3) is 11.5. The first kappa shape index (κ1) is 13.5. The van der Waals surface area contributed by atoms with Crippen LogP contribution in [0, 0.1) is 11.5 Å². The summed E-state index contributed by atoms with van der Waals surface area (Å²) in [4.78, 5) is 0. The Hall–Kier alpha value is -0.526. The Morgan fingerprint density at radius 1 is 0.857 bits per heavy atom. The molecule has 0 N–H and O–H groups in total. The van der Waals surface area contributed by atoms with E-state index in [9.17, 15) is 0 Å². The van der Waals surface area contributed by atoms with Crippen LogP contribution in [0.15, 0.2) is 23.9 Å². The standard InChI is InChI=1S/C12H22Si2/c1-13(2,3)11-9-7-8-10-12-14(4,5)6/h7-9,11H,1-6H3. The Morgan fingerprint density at radius 3 is 1.86 bits per heavy atom. The first-order valence-electron chi connectivity index (χ1n) is 5.08. The summed E-state index contributed by atoms with van der Waals surface area (Å²) < 4.78 is 0. The van der Waals surface area contributed by atoms with Crippen molar-refractivity contribution in [2.24, 2.45) is 0 Å². The summed E-state index contributed by atoms with van der Waals surface area (Å²) in [5.74, 6) is 3.11. The van der Waals surface area contributed by atoms with Gasteiger partial charge in [-0.25, -0.2) is 0 Å². The number of hydrogen-bond donors (Lipinski definition) is 0. The predicted molar refractivity (Wildman–Crippen MR) is 72.7 cm³/mol. The van der Waals surface area contributed by atoms with Gasteiger partial charge in [0.1, 0.15) is 8.07 Å². The third-order valence-electron chi connectivity index (χ3n) is 1.33. The maximum absolute atomic E-state index is 3.30. The summed E-state index contributed by atoms with van der Waals surface area (Å²) in [7, 11) is -2.21. The van der Waals surface area contributed by atoms with E-state index in [0.717, 1.165) is 0 Å². The molecule has 0 unspecified atom stereocenters. The molecule has 0 spiro atoms. The fourth-order valence-corrected chi connectivity index (χ4v) is 1.91. The van der Waals surface area contributed by atoms with Crippen LogP contribution in [0.2, 0.25) is 39.3 Å². The van der Waals surface area contributed by atoms with Gasteiger partial charge in [-0.3, -0.25) is 0 Å². The second-order valence-corrected chi connectivity index (χ2v) is 15.4. The van der Waals surface area contributed by atoms with E-state index in [2.05, 4.69) is 62.5 Å². The van der Waals surface area contributed by atoms with Crippen LogP contribution < -0.4 is 0 Å². The van der Waals surface area contributed by atoms with Gasteiger partial charge in [0.25, 0.3) is 0 Å². The first-order valence-corrected chi connectivity index (χ1v) is 12.2. The summed E-state index contributed by atoms with van der Waals surface area (Å²) >= 11 is 0. The molecule has 14 heavy (non-hydrogen) atoms. The largest absolute Gasteiger partial charge is 0.129 e. The van der Waals surface area contributed by atoms with Gasteiger partial charge in [-0.1, -0.05) is 63.1 Å². The van der Waals surface area contributed by atoms with Crippen molar-refractivity contribution in [3.8, 4) is 11.5 Å². The molecule has 0 bridgehead atoms. The van der Waals surface area contributed by atoms with E-state index < -0.39 is 16.1 Å². The molecule has 0 saturated carbocycles. The lowest BCUT2D eigenvalue weighted by Gasteiger charge is -2.06. The van der Waals surface area contributed by atoms with E-state index >= 15 is 0 Å². The summed E-state index contributed by atoms with van der Waals surface area (Å²) in [6.07, 6.45) is 6.13. The zero-order chi connectivity index (χ0) is 11.2. The minimum Gasteiger partial charge on any atom is -0.127 e. The Labute approximate surface area is 91.1 Å². The van der Waals surface area contributed by atoms with E-state index in [-0.39, 0.29) is 0 Å². The molecule has 0 rings (SSSR count). The van der Waals surface area contributed by atoms with Crippen LogP contribution in [0.4, 0.5) is 0 Å². The van der Waals surface area contributed by atoms with E-state index in [1.807, 2.05) is 12.2 Å². The molecule has 0 aliphatic heterocycles. The van der Waals surface area contributed by atoms with Crippen molar-refractivity contribution >= 4 is 16.1 Å². The average molecular weight is 222 g/mol. The van der Waals surface area contributed by atoms with Crippen molar-refractivity contribution in [1.82, 2.24) is 0 Å². The van der Waals surface area contributed by atoms with Gasteiger partial charge in [-0.15, -0.1) is 5.54 Å². The highest BCUT2D eigenvalue weighted by Gasteiger charge is 2.06. The van der Waals surface area contributed by atoms with Crippen molar-refractivity contribution < 1.29 is 0 Å². The van der Waals surface area contributed by atoms with Gasteiger partial charge in [0.05, 0.1) is 8.07 Å². The lowest BCUT2D eigenvalue weighted by atomic mass is 10.5. The molecule has 0 nitrogen and oxygen atoms in total. The minimum atomic E-state index is -1.18. The van der Waals surface area contributed by atoms with Crippen molar-refractivity contribution in [3.63, 3.8) is 0 Å². The van der Waals surface area contributed by atoms with E-state index in [4.69, 9.17) is 0 Å². The molecular formula is C12H22Si2. The van der Waals surface area contributed by atoms with Gasteiger partial charge in [0, 0.05) is 0 Å². The van der Waals surface area contributed by atoms with Crippen LogP contribution in [-0.2, 0) is 0 Å². The van der Waals surface area contributed by atoms with Crippen LogP contribution in [-0.4, -0.2) is 16.1 Å². The van der Waals surface area contributed by atoms with E-state index in [0.29, 0.717) is 0 Å². The molecular weight excluding hydrogens is 200 g/mol. The maximum atomic E-state index is 3.30. The zero-order valence-electron chi connectivity index (χ0n) is 10.3. The molecule has 0 radical (unpaired) electrons. The van der Waals surface area contributed by atoms with Gasteiger partial charge in [0.2, 0.25) is 0 Å². The van der Waals surface area contributed by atoms with Crippen LogP contribution in [0.25, 0.3) is 0 Å². The van der Waals surface area contributed by atoms with Gasteiger partial charge in [-0.05, 0) is 6.08 Å². The summed E-state index contributed by atoms with van der Waals surface area (Å²) in [6.45, 7) is 13.7. The van der Waals surface area contributed by atoms with Crippen molar-refractivity contribution in [1.29, 1.82) is 0 Å². The normalized spacial score (nSPS) is 13.3. The fourth-order valence-electron chi connectivity index (χ4n) is 0.706. The van der Waals surface area contributed by atoms with Gasteiger partial charge in [0.15, 0.2) is 0 Å². The molecule has 0 aromatic rings. The van der Waals surface area contributed by atoms with E-state index in [1.54, 1.807) is 0 Å². The van der Waals surface area contributed by atoms with Gasteiger partial charge < -0.3 is 0 Å². The second-order valence-electron chi connectivity index (χ2n) is 5.60. The zero-order valence-corrected chi connectivity index (χ0v) is 12.3. The smallest absolute Gasteiger partial charge is 0.127 e. The van der Waals surface area contributed by atoms with Gasteiger partial charge >= 0.3 is 0 Å². The van der Waals surface area contributed by atoms with Crippen LogP contribution in [0.3, 0.4) is 0 Å². The Kier molecular flexibility index (Phi) is 5.18. The molecule has 0 heterocycles. The van der Waals surface area contributed by atoms with Crippen LogP contribution >= 0.6 is 0 Å². The number of rotatable bonds is 2. The fraction of sp³-hybridized carbons (Fsp3) is 0.500. The maximum Gasteiger partial charge on any atom is 0.129 e. The quantitative estimate of drug-likeness (QED) is 0.378. The summed E-state index contributed by atoms with van der Waals surface area (Å²) in [6, 6.07) is 0. The molecule has 0 aliphatic rings. The van der Waals surface area contributed by atoms with Gasteiger partial charge in [-0.2, -0.15) is 0 Å². The lowest BCUT2D eigenvalue weighted by molar-refractivity contribution is 1.76. The molecule has 0 aliphatic carbocycles. The van der Waals surface area contributed by atoms with Crippen molar-refractivity contribution in [3.05, 3.63) is 23.9 Å². The molecule has 0 amide bonds.